The van der Waals surface area contributed by atoms with Gasteiger partial charge in [-0.2, -0.15) is 0 Å². The first kappa shape index (κ1) is 11.9. The van der Waals surface area contributed by atoms with Gasteiger partial charge < -0.3 is 5.32 Å². The summed E-state index contributed by atoms with van der Waals surface area (Å²) >= 11 is 0. The number of nitrogens with one attached hydrogen (secondary N) is 1. The Morgan fingerprint density at radius 2 is 1.94 bits per heavy atom. The monoisotopic (exact) mass is 238 g/mol. The predicted molar refractivity (Wildman–Crippen MR) is 65.2 cm³/mol. The van der Waals surface area contributed by atoms with Gasteiger partial charge in [0.15, 0.2) is 0 Å². The van der Waals surface area contributed by atoms with Gasteiger partial charge in [-0.15, -0.1) is 5.10 Å². The highest BCUT2D eigenvalue weighted by Gasteiger charge is 2.16. The zero-order valence-corrected chi connectivity index (χ0v) is 10.3. The Morgan fingerprint density at radius 3 is 2.59 bits per heavy atom. The van der Waals surface area contributed by atoms with E-state index in [1.54, 1.807) is 7.05 Å². The molecule has 17 heavy (non-hydrogen) atoms. The van der Waals surface area contributed by atoms with Gasteiger partial charge in [0.2, 0.25) is 5.82 Å². The molecule has 2 rings (SSSR count). The fourth-order valence-electron chi connectivity index (χ4n) is 2.26. The first-order chi connectivity index (χ1) is 8.09. The van der Waals surface area contributed by atoms with Crippen LogP contribution in [0.5, 0.6) is 0 Å². The average Bonchev–Trinajstić information content (AvgIpc) is 2.82. The van der Waals surface area contributed by atoms with Crippen LogP contribution in [-0.2, 0) is 14.1 Å². The van der Waals surface area contributed by atoms with Gasteiger partial charge in [-0.25, -0.2) is 9.48 Å². The zero-order valence-electron chi connectivity index (χ0n) is 10.3. The second kappa shape index (κ2) is 4.73. The molecule has 1 N–H and O–H groups in total. The number of hydrogen-bond acceptors (Lipinski definition) is 4. The summed E-state index contributed by atoms with van der Waals surface area (Å²) in [4.78, 5) is 23.2. The van der Waals surface area contributed by atoms with Crippen molar-refractivity contribution < 1.29 is 0 Å². The highest BCUT2D eigenvalue weighted by Crippen LogP contribution is 2.24. The Morgan fingerprint density at radius 1 is 1.29 bits per heavy atom. The van der Waals surface area contributed by atoms with Crippen LogP contribution in [0.3, 0.4) is 0 Å². The molecule has 0 aliphatic heterocycles. The van der Waals surface area contributed by atoms with Crippen molar-refractivity contribution in [3.05, 3.63) is 20.8 Å². The first-order valence-corrected chi connectivity index (χ1v) is 5.98. The van der Waals surface area contributed by atoms with Crippen LogP contribution in [0.4, 0.5) is 5.82 Å². The van der Waals surface area contributed by atoms with Crippen molar-refractivity contribution in [3.8, 4) is 0 Å². The Labute approximate surface area is 99.3 Å². The number of aryl methyl sites for hydroxylation is 1. The third-order valence-corrected chi connectivity index (χ3v) is 3.35. The van der Waals surface area contributed by atoms with E-state index in [2.05, 4.69) is 10.4 Å². The van der Waals surface area contributed by atoms with Crippen LogP contribution in [0.1, 0.15) is 25.7 Å². The Bertz CT molecular complexity index is 511. The molecule has 1 saturated carbocycles. The van der Waals surface area contributed by atoms with Gasteiger partial charge in [-0.05, 0) is 18.8 Å². The number of rotatable bonds is 3. The van der Waals surface area contributed by atoms with E-state index in [0.717, 1.165) is 11.1 Å². The van der Waals surface area contributed by atoms with Crippen LogP contribution in [0, 0.1) is 5.92 Å². The van der Waals surface area contributed by atoms with Crippen LogP contribution < -0.4 is 16.6 Å². The molecule has 1 fully saturated rings. The standard InChI is InChI=1S/C11H18N4O2/c1-14-10(16)9(13-15(2)11(14)17)12-7-8-5-3-4-6-8/h8H,3-7H2,1-2H3,(H,12,13). The second-order valence-electron chi connectivity index (χ2n) is 4.65. The molecule has 0 aromatic carbocycles. The van der Waals surface area contributed by atoms with Gasteiger partial charge in [0.05, 0.1) is 0 Å². The molecule has 6 heteroatoms. The van der Waals surface area contributed by atoms with Crippen molar-refractivity contribution in [1.29, 1.82) is 0 Å². The molecular weight excluding hydrogens is 220 g/mol. The third-order valence-electron chi connectivity index (χ3n) is 3.35. The van der Waals surface area contributed by atoms with Crippen molar-refractivity contribution in [2.45, 2.75) is 25.7 Å². The quantitative estimate of drug-likeness (QED) is 0.809. The van der Waals surface area contributed by atoms with E-state index in [4.69, 9.17) is 0 Å². The topological polar surface area (TPSA) is 68.9 Å². The summed E-state index contributed by atoms with van der Waals surface area (Å²) in [5, 5.41) is 7.01. The summed E-state index contributed by atoms with van der Waals surface area (Å²) in [6.45, 7) is 0.764. The lowest BCUT2D eigenvalue weighted by Gasteiger charge is -2.11. The first-order valence-electron chi connectivity index (χ1n) is 5.98. The molecule has 1 aromatic rings. The van der Waals surface area contributed by atoms with Gasteiger partial charge in [0.25, 0.3) is 5.56 Å². The van der Waals surface area contributed by atoms with E-state index in [1.165, 1.54) is 37.4 Å². The molecule has 0 atom stereocenters. The van der Waals surface area contributed by atoms with Crippen LogP contribution in [0.25, 0.3) is 0 Å². The zero-order chi connectivity index (χ0) is 12.4. The maximum Gasteiger partial charge on any atom is 0.346 e. The van der Waals surface area contributed by atoms with Gasteiger partial charge in [0, 0.05) is 20.6 Å². The molecule has 0 saturated heterocycles. The lowest BCUT2D eigenvalue weighted by Crippen LogP contribution is -2.40. The van der Waals surface area contributed by atoms with E-state index in [-0.39, 0.29) is 11.4 Å². The molecular formula is C11H18N4O2. The highest BCUT2D eigenvalue weighted by molar-refractivity contribution is 5.29. The fourth-order valence-corrected chi connectivity index (χ4v) is 2.26. The van der Waals surface area contributed by atoms with E-state index >= 15 is 0 Å². The summed E-state index contributed by atoms with van der Waals surface area (Å²) in [6.07, 6.45) is 4.95. The third kappa shape index (κ3) is 2.40. The van der Waals surface area contributed by atoms with Crippen LogP contribution in [0.2, 0.25) is 0 Å². The smallest absolute Gasteiger partial charge is 0.346 e. The number of aromatic nitrogens is 3. The number of anilines is 1. The summed E-state index contributed by atoms with van der Waals surface area (Å²) in [5.74, 6) is 0.889. The van der Waals surface area contributed by atoms with Gasteiger partial charge in [-0.3, -0.25) is 9.36 Å². The molecule has 94 valence electrons. The van der Waals surface area contributed by atoms with E-state index in [9.17, 15) is 9.59 Å². The van der Waals surface area contributed by atoms with Crippen LogP contribution in [-0.4, -0.2) is 20.9 Å². The molecule has 0 unspecified atom stereocenters. The van der Waals surface area contributed by atoms with Crippen molar-refractivity contribution in [2.75, 3.05) is 11.9 Å². The van der Waals surface area contributed by atoms with Crippen LogP contribution in [0.15, 0.2) is 9.59 Å². The van der Waals surface area contributed by atoms with Gasteiger partial charge in [0.1, 0.15) is 0 Å². The lowest BCUT2D eigenvalue weighted by molar-refractivity contribution is 0.566. The van der Waals surface area contributed by atoms with Gasteiger partial charge >= 0.3 is 5.69 Å². The Hall–Kier alpha value is -1.59. The van der Waals surface area contributed by atoms with Crippen molar-refractivity contribution in [3.63, 3.8) is 0 Å². The number of hydrogen-bond donors (Lipinski definition) is 1. The SMILES string of the molecule is Cn1nc(NCC2CCCC2)c(=O)n(C)c1=O. The molecule has 6 nitrogen and oxygen atoms in total. The maximum atomic E-state index is 11.8. The predicted octanol–water partition coefficient (Wildman–Crippen LogP) is 0.0811. The minimum absolute atomic E-state index is 0.265. The summed E-state index contributed by atoms with van der Waals surface area (Å²) in [7, 11) is 3.01. The van der Waals surface area contributed by atoms with E-state index in [0.29, 0.717) is 5.92 Å². The summed E-state index contributed by atoms with van der Waals surface area (Å²) in [6, 6.07) is 0. The van der Waals surface area contributed by atoms with E-state index in [1.807, 2.05) is 0 Å². The second-order valence-corrected chi connectivity index (χ2v) is 4.65. The Balaban J connectivity index is 2.15. The number of nitrogens with zero attached hydrogens (tertiary/aromatic N) is 3. The molecule has 1 aromatic heterocycles. The minimum atomic E-state index is -0.401. The normalized spacial score (nSPS) is 16.4. The summed E-state index contributed by atoms with van der Waals surface area (Å²) < 4.78 is 2.25. The molecule has 0 spiro atoms. The molecule has 1 heterocycles. The van der Waals surface area contributed by atoms with Crippen molar-refractivity contribution in [1.82, 2.24) is 14.3 Å². The highest BCUT2D eigenvalue weighted by atomic mass is 16.2. The molecule has 0 amide bonds. The van der Waals surface area contributed by atoms with Gasteiger partial charge in [-0.1, -0.05) is 12.8 Å². The Kier molecular flexibility index (Phi) is 3.31. The molecule has 0 radical (unpaired) electrons. The summed E-state index contributed by atoms with van der Waals surface area (Å²) in [5.41, 5.74) is -0.757. The fraction of sp³-hybridized carbons (Fsp3) is 0.727. The average molecular weight is 238 g/mol. The molecule has 1 aliphatic rings. The van der Waals surface area contributed by atoms with Crippen molar-refractivity contribution >= 4 is 5.82 Å². The molecule has 0 bridgehead atoms. The van der Waals surface area contributed by atoms with E-state index < -0.39 is 5.69 Å². The maximum absolute atomic E-state index is 11.8. The van der Waals surface area contributed by atoms with Crippen LogP contribution >= 0.6 is 0 Å². The lowest BCUT2D eigenvalue weighted by atomic mass is 10.1. The minimum Gasteiger partial charge on any atom is -0.364 e. The molecule has 1 aliphatic carbocycles. The largest absolute Gasteiger partial charge is 0.364 e. The van der Waals surface area contributed by atoms with Crippen molar-refractivity contribution in [2.24, 2.45) is 20.0 Å².